The van der Waals surface area contributed by atoms with Crippen LogP contribution in [0.15, 0.2) is 24.3 Å². The van der Waals surface area contributed by atoms with Crippen LogP contribution in [0, 0.1) is 0 Å². The summed E-state index contributed by atoms with van der Waals surface area (Å²) in [4.78, 5) is 19.0. The lowest BCUT2D eigenvalue weighted by atomic mass is 9.93. The van der Waals surface area contributed by atoms with Crippen molar-refractivity contribution in [3.63, 3.8) is 0 Å². The Morgan fingerprint density at radius 3 is 2.14 bits per heavy atom. The maximum atomic E-state index is 11.7. The molecule has 0 radical (unpaired) electrons. The summed E-state index contributed by atoms with van der Waals surface area (Å²) in [6, 6.07) is 7.40. The normalized spacial score (nSPS) is 15.9. The number of fused-ring (bicyclic) bond motifs is 3. The third-order valence-corrected chi connectivity index (χ3v) is 4.73. The summed E-state index contributed by atoms with van der Waals surface area (Å²) in [7, 11) is 0.629. The minimum atomic E-state index is -4.95. The van der Waals surface area contributed by atoms with Gasteiger partial charge in [-0.15, -0.1) is 0 Å². The first-order valence-electron chi connectivity index (χ1n) is 8.19. The molecule has 0 amide bonds. The van der Waals surface area contributed by atoms with Crippen molar-refractivity contribution < 1.29 is 42.6 Å². The second-order valence-electron chi connectivity index (χ2n) is 5.84. The first-order valence-corrected chi connectivity index (χ1v) is 9.72. The highest BCUT2D eigenvalue weighted by molar-refractivity contribution is 7.46. The zero-order valence-corrected chi connectivity index (χ0v) is 16.7. The van der Waals surface area contributed by atoms with Crippen molar-refractivity contribution in [1.82, 2.24) is 0 Å². The smallest absolute Gasteiger partial charge is 0.492 e. The van der Waals surface area contributed by atoms with Crippen molar-refractivity contribution in [2.24, 2.45) is 0 Å². The van der Waals surface area contributed by atoms with Gasteiger partial charge in [0.25, 0.3) is 0 Å². The van der Waals surface area contributed by atoms with Crippen molar-refractivity contribution in [3.8, 4) is 34.1 Å². The van der Waals surface area contributed by atoms with Crippen molar-refractivity contribution in [2.75, 3.05) is 28.4 Å². The van der Waals surface area contributed by atoms with E-state index in [1.807, 2.05) is 24.3 Å². The molecule has 0 saturated heterocycles. The molecule has 3 rings (SSSR count). The Labute approximate surface area is 161 Å². The van der Waals surface area contributed by atoms with Crippen LogP contribution in [-0.4, -0.2) is 38.2 Å². The molecule has 28 heavy (non-hydrogen) atoms. The zero-order valence-electron chi connectivity index (χ0n) is 15.8. The third kappa shape index (κ3) is 3.55. The van der Waals surface area contributed by atoms with Gasteiger partial charge in [-0.3, -0.25) is 9.79 Å². The average molecular weight is 412 g/mol. The first kappa shape index (κ1) is 20.4. The van der Waals surface area contributed by atoms with E-state index in [1.165, 1.54) is 28.4 Å². The summed E-state index contributed by atoms with van der Waals surface area (Å²) in [6.45, 7) is 0.201. The van der Waals surface area contributed by atoms with Gasteiger partial charge in [0.2, 0.25) is 11.5 Å². The Hall–Kier alpha value is -2.29. The molecule has 1 atom stereocenters. The van der Waals surface area contributed by atoms with E-state index in [4.69, 9.17) is 28.2 Å². The lowest BCUT2D eigenvalue weighted by Gasteiger charge is -2.25. The van der Waals surface area contributed by atoms with Gasteiger partial charge in [0.05, 0.1) is 33.5 Å². The largest absolute Gasteiger partial charge is 0.524 e. The van der Waals surface area contributed by atoms with Crippen LogP contribution in [0.5, 0.6) is 23.0 Å². The van der Waals surface area contributed by atoms with Crippen molar-refractivity contribution >= 4 is 7.82 Å². The van der Waals surface area contributed by atoms with Crippen molar-refractivity contribution in [1.29, 1.82) is 0 Å². The predicted octanol–water partition coefficient (Wildman–Crippen LogP) is 3.03. The monoisotopic (exact) mass is 412 g/mol. The Kier molecular flexibility index (Phi) is 5.83. The molecule has 0 saturated carbocycles. The highest BCUT2D eigenvalue weighted by Crippen LogP contribution is 2.59. The zero-order chi connectivity index (χ0) is 20.5. The maximum absolute atomic E-state index is 11.7. The van der Waals surface area contributed by atoms with E-state index in [0.717, 1.165) is 11.1 Å². The molecule has 0 spiro atoms. The summed E-state index contributed by atoms with van der Waals surface area (Å²) in [5.41, 5.74) is 2.26. The second-order valence-corrected chi connectivity index (χ2v) is 7.00. The topological polar surface area (TPSA) is 113 Å². The molecule has 0 aromatic heterocycles. The highest BCUT2D eigenvalue weighted by Gasteiger charge is 2.38. The summed E-state index contributed by atoms with van der Waals surface area (Å²) in [6.07, 6.45) is -1.00. The molecule has 9 nitrogen and oxygen atoms in total. The number of hydrogen-bond donors (Lipinski definition) is 2. The Morgan fingerprint density at radius 1 is 0.964 bits per heavy atom. The van der Waals surface area contributed by atoms with Gasteiger partial charge in [0, 0.05) is 12.7 Å². The van der Waals surface area contributed by atoms with E-state index < -0.39 is 14.1 Å². The van der Waals surface area contributed by atoms with Crippen LogP contribution in [0.25, 0.3) is 11.1 Å². The van der Waals surface area contributed by atoms with Crippen LogP contribution in [0.3, 0.4) is 0 Å². The van der Waals surface area contributed by atoms with Crippen LogP contribution >= 0.6 is 7.82 Å². The van der Waals surface area contributed by atoms with E-state index in [0.29, 0.717) is 11.3 Å². The fourth-order valence-corrected chi connectivity index (χ4v) is 3.69. The van der Waals surface area contributed by atoms with Crippen LogP contribution < -0.4 is 18.7 Å². The van der Waals surface area contributed by atoms with Gasteiger partial charge in [0.15, 0.2) is 17.8 Å². The summed E-state index contributed by atoms with van der Waals surface area (Å²) in [5, 5.41) is 0. The van der Waals surface area contributed by atoms with Gasteiger partial charge in [-0.2, -0.15) is 0 Å². The molecule has 0 fully saturated rings. The Bertz CT molecular complexity index is 922. The van der Waals surface area contributed by atoms with Gasteiger partial charge in [0.1, 0.15) is 0 Å². The summed E-state index contributed by atoms with van der Waals surface area (Å²) in [5.74, 6) is 0.129. The fraction of sp³-hybridized carbons (Fsp3) is 0.333. The molecular weight excluding hydrogens is 391 g/mol. The molecule has 1 aliphatic rings. The Balaban J connectivity index is 2.51. The van der Waals surface area contributed by atoms with Gasteiger partial charge < -0.3 is 28.2 Å². The third-order valence-electron chi connectivity index (χ3n) is 4.31. The van der Waals surface area contributed by atoms with E-state index >= 15 is 0 Å². The van der Waals surface area contributed by atoms with E-state index in [9.17, 15) is 14.4 Å². The number of methoxy groups -OCH3 is 4. The van der Waals surface area contributed by atoms with Gasteiger partial charge in [-0.1, -0.05) is 24.3 Å². The number of hydrogen-bond acceptors (Lipinski definition) is 7. The number of benzene rings is 2. The van der Waals surface area contributed by atoms with Crippen LogP contribution in [0.2, 0.25) is 0 Å². The van der Waals surface area contributed by atoms with Crippen molar-refractivity contribution in [2.45, 2.75) is 12.9 Å². The highest BCUT2D eigenvalue weighted by atomic mass is 31.2. The quantitative estimate of drug-likeness (QED) is 0.691. The molecule has 1 heterocycles. The Morgan fingerprint density at radius 2 is 1.57 bits per heavy atom. The van der Waals surface area contributed by atoms with Crippen LogP contribution in [0.4, 0.5) is 0 Å². The minimum absolute atomic E-state index is 0.0496. The van der Waals surface area contributed by atoms with Crippen molar-refractivity contribution in [3.05, 3.63) is 35.4 Å². The van der Waals surface area contributed by atoms with Gasteiger partial charge >= 0.3 is 7.82 Å². The predicted molar refractivity (Wildman–Crippen MR) is 98.7 cm³/mol. The van der Waals surface area contributed by atoms with Gasteiger partial charge in [-0.25, -0.2) is 4.57 Å². The first-order chi connectivity index (χ1) is 13.4. The molecule has 0 bridgehead atoms. The van der Waals surface area contributed by atoms with E-state index in [-0.39, 0.29) is 29.4 Å². The number of ether oxygens (including phenoxy) is 5. The molecule has 0 aliphatic carbocycles. The average Bonchev–Trinajstić information content (AvgIpc) is 2.83. The lowest BCUT2D eigenvalue weighted by Crippen LogP contribution is -2.11. The fourth-order valence-electron chi connectivity index (χ4n) is 3.27. The maximum Gasteiger partial charge on any atom is 0.524 e. The van der Waals surface area contributed by atoms with E-state index in [2.05, 4.69) is 0 Å². The second kappa shape index (κ2) is 7.98. The summed E-state index contributed by atoms with van der Waals surface area (Å²) >= 11 is 0. The summed E-state index contributed by atoms with van der Waals surface area (Å²) < 4.78 is 44.4. The molecule has 152 valence electrons. The molecular formula is C18H21O9P. The molecule has 2 N–H and O–H groups in total. The standard InChI is InChI=1S/C18H21O9P/c1-22-14-12-11-8-6-5-7-10(11)9-26-18(25-4)13(12)15(27-28(19,20)21)17(24-3)16(14)23-2/h5-8,18H,9H2,1-4H3,(H2,19,20,21). The lowest BCUT2D eigenvalue weighted by molar-refractivity contribution is -0.135. The molecule has 1 aliphatic heterocycles. The molecule has 2 aromatic rings. The van der Waals surface area contributed by atoms with Crippen LogP contribution in [0.1, 0.15) is 17.4 Å². The molecule has 1 unspecified atom stereocenters. The molecule has 10 heteroatoms. The SMILES string of the molecule is COc1c(OC)c(OP(=O)(O)O)c2c(c1OC)-c1ccccc1COC2OC. The molecule has 2 aromatic carbocycles. The van der Waals surface area contributed by atoms with Crippen LogP contribution in [-0.2, 0) is 20.6 Å². The number of phosphoric ester groups is 1. The van der Waals surface area contributed by atoms with Gasteiger partial charge in [-0.05, 0) is 11.1 Å². The number of phosphoric acid groups is 1. The van der Waals surface area contributed by atoms with E-state index in [1.54, 1.807) is 0 Å². The minimum Gasteiger partial charge on any atom is -0.492 e. The number of rotatable bonds is 6.